The molecule has 0 saturated heterocycles. The monoisotopic (exact) mass is 272 g/mol. The van der Waals surface area contributed by atoms with Crippen LogP contribution in [-0.2, 0) is 7.05 Å². The van der Waals surface area contributed by atoms with Gasteiger partial charge in [0.15, 0.2) is 0 Å². The second-order valence-corrected chi connectivity index (χ2v) is 5.43. The van der Waals surface area contributed by atoms with Crippen LogP contribution in [-0.4, -0.2) is 20.7 Å². The fourth-order valence-corrected chi connectivity index (χ4v) is 2.60. The van der Waals surface area contributed by atoms with Gasteiger partial charge in [-0.05, 0) is 25.1 Å². The highest BCUT2D eigenvalue weighted by atomic mass is 32.1. The Kier molecular flexibility index (Phi) is 2.79. The van der Waals surface area contributed by atoms with Gasteiger partial charge in [0.1, 0.15) is 5.01 Å². The van der Waals surface area contributed by atoms with Crippen LogP contribution in [0.25, 0.3) is 10.9 Å². The number of amides is 1. The van der Waals surface area contributed by atoms with E-state index in [1.165, 1.54) is 11.3 Å². The van der Waals surface area contributed by atoms with Crippen molar-refractivity contribution in [3.8, 4) is 0 Å². The number of aromatic nitrogens is 3. The molecule has 0 unspecified atom stereocenters. The molecule has 1 N–H and O–H groups in total. The standard InChI is InChI=1S/C13H12N4OS/c1-8-15-16-13(19-8)14-12(18)10-4-3-5-11-9(10)6-7-17(11)2/h3-7H,1-2H3,(H,14,16,18). The highest BCUT2D eigenvalue weighted by Crippen LogP contribution is 2.21. The Hall–Kier alpha value is -2.21. The lowest BCUT2D eigenvalue weighted by atomic mass is 10.1. The minimum atomic E-state index is -0.159. The van der Waals surface area contributed by atoms with Gasteiger partial charge in [0.25, 0.3) is 5.91 Å². The number of fused-ring (bicyclic) bond motifs is 1. The van der Waals surface area contributed by atoms with Gasteiger partial charge in [-0.1, -0.05) is 17.4 Å². The van der Waals surface area contributed by atoms with Crippen molar-refractivity contribution in [1.29, 1.82) is 0 Å². The maximum atomic E-state index is 12.3. The normalized spacial score (nSPS) is 10.8. The van der Waals surface area contributed by atoms with E-state index in [1.807, 2.05) is 49.0 Å². The van der Waals surface area contributed by atoms with Gasteiger partial charge in [-0.25, -0.2) is 0 Å². The van der Waals surface area contributed by atoms with Crippen LogP contribution in [0.5, 0.6) is 0 Å². The van der Waals surface area contributed by atoms with Crippen LogP contribution in [0.15, 0.2) is 30.5 Å². The summed E-state index contributed by atoms with van der Waals surface area (Å²) < 4.78 is 1.99. The van der Waals surface area contributed by atoms with Gasteiger partial charge in [0, 0.05) is 29.7 Å². The van der Waals surface area contributed by atoms with Crippen LogP contribution >= 0.6 is 11.3 Å². The average Bonchev–Trinajstić information content (AvgIpc) is 2.96. The number of nitrogens with zero attached hydrogens (tertiary/aromatic N) is 3. The van der Waals surface area contributed by atoms with Crippen LogP contribution < -0.4 is 5.32 Å². The first-order valence-electron chi connectivity index (χ1n) is 5.80. The summed E-state index contributed by atoms with van der Waals surface area (Å²) in [6.45, 7) is 1.85. The van der Waals surface area contributed by atoms with E-state index in [0.29, 0.717) is 10.7 Å². The molecule has 0 saturated carbocycles. The molecule has 2 heterocycles. The lowest BCUT2D eigenvalue weighted by molar-refractivity contribution is 0.102. The van der Waals surface area contributed by atoms with E-state index in [2.05, 4.69) is 15.5 Å². The molecule has 0 fully saturated rings. The second kappa shape index (κ2) is 4.47. The number of benzene rings is 1. The zero-order chi connectivity index (χ0) is 13.4. The molecule has 1 amide bonds. The molecule has 19 heavy (non-hydrogen) atoms. The van der Waals surface area contributed by atoms with E-state index in [4.69, 9.17) is 0 Å². The topological polar surface area (TPSA) is 59.8 Å². The SMILES string of the molecule is Cc1nnc(NC(=O)c2cccc3c2ccn3C)s1. The van der Waals surface area contributed by atoms with Crippen molar-refractivity contribution in [3.63, 3.8) is 0 Å². The Morgan fingerprint density at radius 2 is 2.16 bits per heavy atom. The fraction of sp³-hybridized carbons (Fsp3) is 0.154. The Labute approximate surface area is 113 Å². The Morgan fingerprint density at radius 1 is 1.32 bits per heavy atom. The largest absolute Gasteiger partial charge is 0.351 e. The van der Waals surface area contributed by atoms with Gasteiger partial charge < -0.3 is 4.57 Å². The number of carbonyl (C=O) groups excluding carboxylic acids is 1. The highest BCUT2D eigenvalue weighted by molar-refractivity contribution is 7.15. The maximum Gasteiger partial charge on any atom is 0.258 e. The molecule has 3 rings (SSSR count). The highest BCUT2D eigenvalue weighted by Gasteiger charge is 2.13. The van der Waals surface area contributed by atoms with Gasteiger partial charge in [-0.2, -0.15) is 0 Å². The summed E-state index contributed by atoms with van der Waals surface area (Å²) >= 11 is 1.36. The number of nitrogens with one attached hydrogen (secondary N) is 1. The third-order valence-electron chi connectivity index (χ3n) is 2.92. The quantitative estimate of drug-likeness (QED) is 0.780. The van der Waals surface area contributed by atoms with E-state index in [0.717, 1.165) is 15.9 Å². The zero-order valence-electron chi connectivity index (χ0n) is 10.5. The number of hydrogen-bond acceptors (Lipinski definition) is 4. The van der Waals surface area contributed by atoms with Crippen molar-refractivity contribution in [2.75, 3.05) is 5.32 Å². The van der Waals surface area contributed by atoms with E-state index < -0.39 is 0 Å². The lowest BCUT2D eigenvalue weighted by Crippen LogP contribution is -2.12. The third kappa shape index (κ3) is 2.10. The van der Waals surface area contributed by atoms with Gasteiger partial charge in [-0.15, -0.1) is 10.2 Å². The Bertz CT molecular complexity index is 759. The second-order valence-electron chi connectivity index (χ2n) is 4.25. The molecular weight excluding hydrogens is 260 g/mol. The number of aryl methyl sites for hydroxylation is 2. The molecule has 0 atom stereocenters. The smallest absolute Gasteiger partial charge is 0.258 e. The number of anilines is 1. The molecule has 96 valence electrons. The van der Waals surface area contributed by atoms with Gasteiger partial charge in [-0.3, -0.25) is 10.1 Å². The minimum absolute atomic E-state index is 0.159. The molecule has 0 radical (unpaired) electrons. The molecule has 0 spiro atoms. The molecule has 0 aliphatic carbocycles. The van der Waals surface area contributed by atoms with Gasteiger partial charge in [0.2, 0.25) is 5.13 Å². The zero-order valence-corrected chi connectivity index (χ0v) is 11.4. The van der Waals surface area contributed by atoms with Crippen molar-refractivity contribution >= 4 is 33.3 Å². The van der Waals surface area contributed by atoms with E-state index in [-0.39, 0.29) is 5.91 Å². The number of carbonyl (C=O) groups is 1. The van der Waals surface area contributed by atoms with Gasteiger partial charge in [0.05, 0.1) is 0 Å². The van der Waals surface area contributed by atoms with Crippen LogP contribution in [0.1, 0.15) is 15.4 Å². The van der Waals surface area contributed by atoms with E-state index >= 15 is 0 Å². The molecule has 2 aromatic heterocycles. The van der Waals surface area contributed by atoms with Crippen LogP contribution in [0, 0.1) is 6.92 Å². The molecule has 0 bridgehead atoms. The average molecular weight is 272 g/mol. The predicted molar refractivity (Wildman–Crippen MR) is 75.5 cm³/mol. The maximum absolute atomic E-state index is 12.3. The van der Waals surface area contributed by atoms with Gasteiger partial charge >= 0.3 is 0 Å². The molecule has 5 nitrogen and oxygen atoms in total. The molecule has 0 aliphatic heterocycles. The fourth-order valence-electron chi connectivity index (χ4n) is 2.01. The summed E-state index contributed by atoms with van der Waals surface area (Å²) in [5.41, 5.74) is 1.67. The predicted octanol–water partition coefficient (Wildman–Crippen LogP) is 2.59. The van der Waals surface area contributed by atoms with Crippen LogP contribution in [0.3, 0.4) is 0 Å². The summed E-state index contributed by atoms with van der Waals surface area (Å²) in [7, 11) is 1.96. The lowest BCUT2D eigenvalue weighted by Gasteiger charge is -2.03. The first kappa shape index (κ1) is 11.9. The van der Waals surface area contributed by atoms with Crippen molar-refractivity contribution in [3.05, 3.63) is 41.0 Å². The number of hydrogen-bond donors (Lipinski definition) is 1. The molecule has 6 heteroatoms. The third-order valence-corrected chi connectivity index (χ3v) is 3.67. The van der Waals surface area contributed by atoms with Crippen LogP contribution in [0.2, 0.25) is 0 Å². The van der Waals surface area contributed by atoms with Crippen molar-refractivity contribution in [2.45, 2.75) is 6.92 Å². The number of rotatable bonds is 2. The van der Waals surface area contributed by atoms with Crippen LogP contribution in [0.4, 0.5) is 5.13 Å². The van der Waals surface area contributed by atoms with E-state index in [9.17, 15) is 4.79 Å². The first-order valence-corrected chi connectivity index (χ1v) is 6.62. The summed E-state index contributed by atoms with van der Waals surface area (Å²) in [4.78, 5) is 12.3. The molecular formula is C13H12N4OS. The van der Waals surface area contributed by atoms with Crippen molar-refractivity contribution < 1.29 is 4.79 Å². The van der Waals surface area contributed by atoms with E-state index in [1.54, 1.807) is 0 Å². The Balaban J connectivity index is 1.97. The minimum Gasteiger partial charge on any atom is -0.351 e. The van der Waals surface area contributed by atoms with Crippen molar-refractivity contribution in [2.24, 2.45) is 7.05 Å². The summed E-state index contributed by atoms with van der Waals surface area (Å²) in [5.74, 6) is -0.159. The first-order chi connectivity index (χ1) is 9.15. The summed E-state index contributed by atoms with van der Waals surface area (Å²) in [6, 6.07) is 7.62. The molecule has 1 aromatic carbocycles. The molecule has 0 aliphatic rings. The Morgan fingerprint density at radius 3 is 2.89 bits per heavy atom. The summed E-state index contributed by atoms with van der Waals surface area (Å²) in [5, 5.41) is 12.8. The molecule has 3 aromatic rings. The van der Waals surface area contributed by atoms with Crippen molar-refractivity contribution in [1.82, 2.24) is 14.8 Å². The summed E-state index contributed by atoms with van der Waals surface area (Å²) in [6.07, 6.45) is 1.94.